The molecule has 0 saturated carbocycles. The first-order valence-electron chi connectivity index (χ1n) is 6.67. The Labute approximate surface area is 121 Å². The van der Waals surface area contributed by atoms with Gasteiger partial charge in [0.1, 0.15) is 6.61 Å². The van der Waals surface area contributed by atoms with Crippen LogP contribution in [0.5, 0.6) is 5.88 Å². The zero-order chi connectivity index (χ0) is 15.6. The van der Waals surface area contributed by atoms with Gasteiger partial charge in [-0.25, -0.2) is 13.8 Å². The highest BCUT2D eigenvalue weighted by Gasteiger charge is 2.19. The summed E-state index contributed by atoms with van der Waals surface area (Å²) >= 11 is 0. The summed E-state index contributed by atoms with van der Waals surface area (Å²) in [7, 11) is 0. The van der Waals surface area contributed by atoms with Crippen molar-refractivity contribution in [1.29, 1.82) is 0 Å². The van der Waals surface area contributed by atoms with Crippen molar-refractivity contribution in [3.05, 3.63) is 29.6 Å². The standard InChI is InChI=1S/C15H18F2N2O2/c1-15(2,3)9-4-5-11-10(8-9)14(21-7-6-20)19-13(18-11)12(16)17/h4-5,8,12,20H,6-7H2,1-3H3. The molecule has 1 N–H and O–H groups in total. The molecule has 0 amide bonds. The number of aromatic nitrogens is 2. The molecule has 1 aromatic heterocycles. The van der Waals surface area contributed by atoms with Gasteiger partial charge >= 0.3 is 0 Å². The van der Waals surface area contributed by atoms with Gasteiger partial charge in [-0.2, -0.15) is 4.98 Å². The van der Waals surface area contributed by atoms with Crippen LogP contribution in [0.3, 0.4) is 0 Å². The van der Waals surface area contributed by atoms with Crippen molar-refractivity contribution in [1.82, 2.24) is 9.97 Å². The zero-order valence-corrected chi connectivity index (χ0v) is 12.2. The van der Waals surface area contributed by atoms with Gasteiger partial charge in [0.2, 0.25) is 5.88 Å². The number of hydrogen-bond acceptors (Lipinski definition) is 4. The predicted molar refractivity (Wildman–Crippen MR) is 75.8 cm³/mol. The molecule has 0 saturated heterocycles. The number of aliphatic hydroxyl groups is 1. The van der Waals surface area contributed by atoms with Crippen molar-refractivity contribution >= 4 is 10.9 Å². The summed E-state index contributed by atoms with van der Waals surface area (Å²) in [6.07, 6.45) is -2.77. The van der Waals surface area contributed by atoms with Gasteiger partial charge in [0.25, 0.3) is 6.43 Å². The van der Waals surface area contributed by atoms with Crippen molar-refractivity contribution in [2.75, 3.05) is 13.2 Å². The molecular weight excluding hydrogens is 278 g/mol. The monoisotopic (exact) mass is 296 g/mol. The summed E-state index contributed by atoms with van der Waals surface area (Å²) < 4.78 is 31.0. The van der Waals surface area contributed by atoms with Crippen LogP contribution in [0.15, 0.2) is 18.2 Å². The van der Waals surface area contributed by atoms with E-state index in [9.17, 15) is 8.78 Å². The van der Waals surface area contributed by atoms with Crippen molar-refractivity contribution < 1.29 is 18.6 Å². The van der Waals surface area contributed by atoms with Crippen molar-refractivity contribution in [3.63, 3.8) is 0 Å². The van der Waals surface area contributed by atoms with E-state index in [4.69, 9.17) is 9.84 Å². The zero-order valence-electron chi connectivity index (χ0n) is 12.2. The lowest BCUT2D eigenvalue weighted by Crippen LogP contribution is -2.12. The third kappa shape index (κ3) is 3.44. The number of hydrogen-bond donors (Lipinski definition) is 1. The van der Waals surface area contributed by atoms with Crippen LogP contribution < -0.4 is 4.74 Å². The van der Waals surface area contributed by atoms with Gasteiger partial charge < -0.3 is 9.84 Å². The van der Waals surface area contributed by atoms with Gasteiger partial charge in [-0.1, -0.05) is 26.8 Å². The highest BCUT2D eigenvalue weighted by Crippen LogP contribution is 2.31. The van der Waals surface area contributed by atoms with Crippen LogP contribution in [-0.4, -0.2) is 28.3 Å². The molecule has 6 heteroatoms. The minimum absolute atomic E-state index is 0.00542. The van der Waals surface area contributed by atoms with E-state index in [2.05, 4.69) is 30.7 Å². The molecule has 0 aliphatic carbocycles. The number of ether oxygens (including phenoxy) is 1. The Morgan fingerprint density at radius 2 is 1.95 bits per heavy atom. The first kappa shape index (κ1) is 15.6. The molecular formula is C15H18F2N2O2. The largest absolute Gasteiger partial charge is 0.475 e. The van der Waals surface area contributed by atoms with E-state index in [1.165, 1.54) is 0 Å². The molecule has 0 aliphatic rings. The normalized spacial score (nSPS) is 12.1. The molecule has 0 fully saturated rings. The van der Waals surface area contributed by atoms with Gasteiger partial charge in [-0.3, -0.25) is 0 Å². The smallest absolute Gasteiger partial charge is 0.297 e. The Balaban J connectivity index is 2.61. The van der Waals surface area contributed by atoms with Crippen LogP contribution in [0.25, 0.3) is 10.9 Å². The third-order valence-corrected chi connectivity index (χ3v) is 3.07. The number of benzene rings is 1. The molecule has 0 atom stereocenters. The van der Waals surface area contributed by atoms with E-state index in [-0.39, 0.29) is 24.5 Å². The lowest BCUT2D eigenvalue weighted by molar-refractivity contribution is 0.138. The Morgan fingerprint density at radius 3 is 2.52 bits per heavy atom. The summed E-state index contributed by atoms with van der Waals surface area (Å²) in [5.74, 6) is -0.491. The molecule has 0 spiro atoms. The number of alkyl halides is 2. The number of halogens is 2. The van der Waals surface area contributed by atoms with Crippen LogP contribution >= 0.6 is 0 Å². The summed E-state index contributed by atoms with van der Waals surface area (Å²) in [6.45, 7) is 5.94. The number of nitrogens with zero attached hydrogens (tertiary/aromatic N) is 2. The average molecular weight is 296 g/mol. The molecule has 2 aromatic rings. The predicted octanol–water partition coefficient (Wildman–Crippen LogP) is 3.24. The van der Waals surface area contributed by atoms with E-state index in [1.807, 2.05) is 12.1 Å². The lowest BCUT2D eigenvalue weighted by Gasteiger charge is -2.20. The molecule has 1 heterocycles. The highest BCUT2D eigenvalue weighted by molar-refractivity contribution is 5.84. The molecule has 0 bridgehead atoms. The van der Waals surface area contributed by atoms with Gasteiger partial charge in [-0.05, 0) is 23.1 Å². The molecule has 0 aliphatic heterocycles. The van der Waals surface area contributed by atoms with Crippen LogP contribution in [0.2, 0.25) is 0 Å². The fourth-order valence-corrected chi connectivity index (χ4v) is 1.93. The van der Waals surface area contributed by atoms with E-state index < -0.39 is 12.2 Å². The van der Waals surface area contributed by atoms with E-state index in [0.717, 1.165) is 5.56 Å². The Kier molecular flexibility index (Phi) is 4.37. The second-order valence-corrected chi connectivity index (χ2v) is 5.74. The maximum absolute atomic E-state index is 12.8. The molecule has 0 unspecified atom stereocenters. The molecule has 21 heavy (non-hydrogen) atoms. The SMILES string of the molecule is CC(C)(C)c1ccc2nc(C(F)F)nc(OCCO)c2c1. The molecule has 2 rings (SSSR count). The quantitative estimate of drug-likeness (QED) is 0.941. The summed E-state index contributed by atoms with van der Waals surface area (Å²) in [6, 6.07) is 5.40. The van der Waals surface area contributed by atoms with Crippen LogP contribution in [-0.2, 0) is 5.41 Å². The minimum atomic E-state index is -2.77. The molecule has 114 valence electrons. The Bertz CT molecular complexity index is 639. The van der Waals surface area contributed by atoms with Gasteiger partial charge in [0.05, 0.1) is 17.5 Å². The minimum Gasteiger partial charge on any atom is -0.475 e. The fourth-order valence-electron chi connectivity index (χ4n) is 1.93. The third-order valence-electron chi connectivity index (χ3n) is 3.07. The van der Waals surface area contributed by atoms with E-state index in [0.29, 0.717) is 10.9 Å². The Morgan fingerprint density at radius 1 is 1.24 bits per heavy atom. The van der Waals surface area contributed by atoms with Crippen LogP contribution in [0, 0.1) is 0 Å². The highest BCUT2D eigenvalue weighted by atomic mass is 19.3. The molecule has 4 nitrogen and oxygen atoms in total. The Hall–Kier alpha value is -1.82. The molecule has 0 radical (unpaired) electrons. The van der Waals surface area contributed by atoms with Crippen molar-refractivity contribution in [2.45, 2.75) is 32.6 Å². The second-order valence-electron chi connectivity index (χ2n) is 5.74. The average Bonchev–Trinajstić information content (AvgIpc) is 2.42. The van der Waals surface area contributed by atoms with Crippen molar-refractivity contribution in [2.24, 2.45) is 0 Å². The lowest BCUT2D eigenvalue weighted by atomic mass is 9.86. The van der Waals surface area contributed by atoms with Gasteiger partial charge in [0, 0.05) is 0 Å². The van der Waals surface area contributed by atoms with Gasteiger partial charge in [-0.15, -0.1) is 0 Å². The summed E-state index contributed by atoms with van der Waals surface area (Å²) in [4.78, 5) is 7.63. The number of rotatable bonds is 4. The molecule has 1 aromatic carbocycles. The summed E-state index contributed by atoms with van der Waals surface area (Å²) in [5, 5.41) is 9.42. The van der Waals surface area contributed by atoms with Crippen LogP contribution in [0.4, 0.5) is 8.78 Å². The first-order valence-corrected chi connectivity index (χ1v) is 6.67. The maximum atomic E-state index is 12.8. The topological polar surface area (TPSA) is 55.2 Å². The number of fused-ring (bicyclic) bond motifs is 1. The number of aliphatic hydroxyl groups excluding tert-OH is 1. The second kappa shape index (κ2) is 5.89. The van der Waals surface area contributed by atoms with Gasteiger partial charge in [0.15, 0.2) is 5.82 Å². The van der Waals surface area contributed by atoms with Crippen molar-refractivity contribution in [3.8, 4) is 5.88 Å². The first-order chi connectivity index (χ1) is 9.82. The van der Waals surface area contributed by atoms with Crippen LogP contribution in [0.1, 0.15) is 38.6 Å². The fraction of sp³-hybridized carbons (Fsp3) is 0.467. The summed E-state index contributed by atoms with van der Waals surface area (Å²) in [5.41, 5.74) is 1.34. The van der Waals surface area contributed by atoms with E-state index >= 15 is 0 Å². The maximum Gasteiger partial charge on any atom is 0.297 e. The van der Waals surface area contributed by atoms with E-state index in [1.54, 1.807) is 6.07 Å².